The lowest BCUT2D eigenvalue weighted by Gasteiger charge is -2.27. The van der Waals surface area contributed by atoms with Gasteiger partial charge in [0.05, 0.1) is 37.0 Å². The van der Waals surface area contributed by atoms with Crippen molar-refractivity contribution in [1.82, 2.24) is 24.8 Å². The highest BCUT2D eigenvalue weighted by atomic mass is 16.5. The lowest BCUT2D eigenvalue weighted by atomic mass is 9.76. The maximum absolute atomic E-state index is 13.2. The van der Waals surface area contributed by atoms with Gasteiger partial charge in [0, 0.05) is 60.8 Å². The van der Waals surface area contributed by atoms with Crippen LogP contribution in [0.5, 0.6) is 0 Å². The lowest BCUT2D eigenvalue weighted by Crippen LogP contribution is -2.31. The molecule has 0 unspecified atom stereocenters. The molecule has 0 spiro atoms. The van der Waals surface area contributed by atoms with E-state index in [1.807, 2.05) is 45.0 Å². The monoisotopic (exact) mass is 651 g/mol. The topological polar surface area (TPSA) is 130 Å². The number of amides is 1. The van der Waals surface area contributed by atoms with Gasteiger partial charge in [-0.1, -0.05) is 6.08 Å². The van der Waals surface area contributed by atoms with Gasteiger partial charge in [-0.15, -0.1) is 0 Å². The minimum atomic E-state index is -0.680. The van der Waals surface area contributed by atoms with E-state index in [1.54, 1.807) is 19.0 Å². The van der Waals surface area contributed by atoms with Crippen LogP contribution < -0.4 is 0 Å². The molecule has 5 rings (SSSR count). The molecule has 48 heavy (non-hydrogen) atoms. The molecule has 0 aromatic carbocycles. The van der Waals surface area contributed by atoms with E-state index in [4.69, 9.17) is 19.4 Å². The maximum Gasteiger partial charge on any atom is 0.305 e. The Morgan fingerprint density at radius 1 is 0.833 bits per heavy atom. The quantitative estimate of drug-likeness (QED) is 0.257. The molecule has 2 aliphatic rings. The summed E-state index contributed by atoms with van der Waals surface area (Å²) >= 11 is 0. The number of hydrogen-bond acceptors (Lipinski definition) is 7. The largest absolute Gasteiger partial charge is 0.469 e. The molecular formula is C38H45N5O5. The summed E-state index contributed by atoms with van der Waals surface area (Å²) in [7, 11) is 6.32. The van der Waals surface area contributed by atoms with Crippen LogP contribution in [0.3, 0.4) is 0 Å². The van der Waals surface area contributed by atoms with Crippen molar-refractivity contribution in [1.29, 1.82) is 0 Å². The summed E-state index contributed by atoms with van der Waals surface area (Å²) in [6.45, 7) is 10.2. The number of rotatable bonds is 8. The summed E-state index contributed by atoms with van der Waals surface area (Å²) in [6.07, 6.45) is 3.64. The Balaban J connectivity index is 1.87. The average molecular weight is 652 g/mol. The molecule has 1 amide bonds. The molecule has 1 atom stereocenters. The van der Waals surface area contributed by atoms with Crippen molar-refractivity contribution in [3.05, 3.63) is 75.9 Å². The van der Waals surface area contributed by atoms with Gasteiger partial charge in [-0.25, -0.2) is 4.98 Å². The molecule has 3 aromatic heterocycles. The van der Waals surface area contributed by atoms with Gasteiger partial charge in [0.15, 0.2) is 0 Å². The van der Waals surface area contributed by atoms with E-state index in [-0.39, 0.29) is 37.1 Å². The molecule has 0 fully saturated rings. The van der Waals surface area contributed by atoms with Gasteiger partial charge in [-0.05, 0) is 111 Å². The van der Waals surface area contributed by atoms with Gasteiger partial charge >= 0.3 is 11.9 Å². The van der Waals surface area contributed by atoms with E-state index >= 15 is 0 Å². The zero-order valence-corrected chi connectivity index (χ0v) is 29.4. The summed E-state index contributed by atoms with van der Waals surface area (Å²) in [5.41, 5.74) is 11.7. The van der Waals surface area contributed by atoms with Crippen LogP contribution >= 0.6 is 0 Å². The number of ether oxygens (including phenoxy) is 2. The van der Waals surface area contributed by atoms with E-state index in [2.05, 4.69) is 35.9 Å². The zero-order chi connectivity index (χ0) is 34.9. The van der Waals surface area contributed by atoms with Crippen molar-refractivity contribution in [2.45, 2.75) is 72.1 Å². The summed E-state index contributed by atoms with van der Waals surface area (Å²) in [5.74, 6) is -0.576. The van der Waals surface area contributed by atoms with Crippen LogP contribution in [0.1, 0.15) is 85.9 Å². The lowest BCUT2D eigenvalue weighted by molar-refractivity contribution is -0.141. The summed E-state index contributed by atoms with van der Waals surface area (Å²) in [4.78, 5) is 56.7. The fourth-order valence-corrected chi connectivity index (χ4v) is 6.67. The van der Waals surface area contributed by atoms with Crippen LogP contribution in [0.4, 0.5) is 0 Å². The standard InChI is InChI=1S/C38H45N5O5/c1-10-27-33-18-30-23(4)26(12-14-37(46)48-9)32(41-30)19-31-25(11-13-36(45)47-8)22(3)29(40-31)17-28-21(2)15-24(39-28)16-34(42-33)38(27,5)20-35(44)43(6)7/h10,15-19,39-40H,11-14,20H2,1-9H3/b24-16?,27-10-,28-17?,29-17?,30-18?,31-19?,32-19?,33-18?,34-16?/t38-/m1/s1. The SMILES string of the molecule is C/C=C1/c2cc3nc(cc4[nH]c(cc5[nH]c(cc(n2)[C@]1(C)CC(=O)N(C)C)cc5C)c(C)c4CCC(=O)OC)C(CCC(=O)OC)=C3C. The maximum atomic E-state index is 13.2. The molecule has 252 valence electrons. The first-order valence-electron chi connectivity index (χ1n) is 16.2. The predicted octanol–water partition coefficient (Wildman–Crippen LogP) is 6.76. The van der Waals surface area contributed by atoms with Crippen molar-refractivity contribution in [3.63, 3.8) is 0 Å². The molecule has 3 aromatic rings. The first-order chi connectivity index (χ1) is 22.8. The fourth-order valence-electron chi connectivity index (χ4n) is 6.67. The van der Waals surface area contributed by atoms with E-state index in [1.165, 1.54) is 14.2 Å². The fraction of sp³-hybridized carbons (Fsp3) is 0.395. The van der Waals surface area contributed by atoms with Gasteiger partial charge < -0.3 is 24.3 Å². The normalized spacial score (nSPS) is 16.7. The second-order valence-electron chi connectivity index (χ2n) is 13.0. The first-order valence-corrected chi connectivity index (χ1v) is 16.2. The molecule has 2 N–H and O–H groups in total. The number of aryl methyl sites for hydroxylation is 3. The molecule has 8 bridgehead atoms. The predicted molar refractivity (Wildman–Crippen MR) is 189 cm³/mol. The van der Waals surface area contributed by atoms with Crippen molar-refractivity contribution >= 4 is 56.6 Å². The summed E-state index contributed by atoms with van der Waals surface area (Å²) in [6, 6.07) is 10.2. The Hall–Kier alpha value is -4.99. The molecule has 0 radical (unpaired) electrons. The highest BCUT2D eigenvalue weighted by Gasteiger charge is 2.40. The number of esters is 2. The molecule has 10 heteroatoms. The third-order valence-corrected chi connectivity index (χ3v) is 9.63. The van der Waals surface area contributed by atoms with E-state index in [0.717, 1.165) is 78.3 Å². The number of carbonyl (C=O) groups is 3. The van der Waals surface area contributed by atoms with E-state index < -0.39 is 5.41 Å². The summed E-state index contributed by atoms with van der Waals surface area (Å²) in [5, 5.41) is 0. The number of allylic oxidation sites excluding steroid dienone is 4. The van der Waals surface area contributed by atoms with Crippen LogP contribution in [-0.4, -0.2) is 71.0 Å². The smallest absolute Gasteiger partial charge is 0.305 e. The molecular weight excluding hydrogens is 606 g/mol. The van der Waals surface area contributed by atoms with E-state index in [0.29, 0.717) is 12.8 Å². The summed E-state index contributed by atoms with van der Waals surface area (Å²) < 4.78 is 9.92. The number of nitrogens with zero attached hydrogens (tertiary/aromatic N) is 3. The molecule has 0 saturated carbocycles. The number of aromatic amines is 2. The number of hydrogen-bond donors (Lipinski definition) is 2. The Bertz CT molecular complexity index is 2030. The Labute approximate surface area is 281 Å². The molecule has 2 aliphatic heterocycles. The number of carbonyl (C=O) groups excluding carboxylic acids is 3. The van der Waals surface area contributed by atoms with Gasteiger partial charge in [-0.3, -0.25) is 19.4 Å². The molecule has 5 heterocycles. The van der Waals surface area contributed by atoms with Gasteiger partial charge in [0.2, 0.25) is 5.91 Å². The number of nitrogens with one attached hydrogen (secondary N) is 2. The van der Waals surface area contributed by atoms with Crippen LogP contribution in [0.25, 0.3) is 38.8 Å². The van der Waals surface area contributed by atoms with Crippen LogP contribution in [-0.2, 0) is 35.7 Å². The minimum absolute atomic E-state index is 0.00664. The van der Waals surface area contributed by atoms with E-state index in [9.17, 15) is 14.4 Å². The van der Waals surface area contributed by atoms with Crippen molar-refractivity contribution in [2.75, 3.05) is 28.3 Å². The van der Waals surface area contributed by atoms with Crippen molar-refractivity contribution in [2.24, 2.45) is 0 Å². The third-order valence-electron chi connectivity index (χ3n) is 9.63. The number of methoxy groups -OCH3 is 2. The minimum Gasteiger partial charge on any atom is -0.469 e. The second-order valence-corrected chi connectivity index (χ2v) is 13.0. The van der Waals surface area contributed by atoms with Crippen LogP contribution in [0.2, 0.25) is 0 Å². The van der Waals surface area contributed by atoms with Crippen LogP contribution in [0.15, 0.2) is 36.4 Å². The Morgan fingerprint density at radius 3 is 2.17 bits per heavy atom. The Morgan fingerprint density at radius 2 is 1.52 bits per heavy atom. The second kappa shape index (κ2) is 13.6. The Kier molecular flexibility index (Phi) is 9.75. The van der Waals surface area contributed by atoms with Gasteiger partial charge in [-0.2, -0.15) is 0 Å². The highest BCUT2D eigenvalue weighted by Crippen LogP contribution is 2.45. The zero-order valence-electron chi connectivity index (χ0n) is 29.4. The van der Waals surface area contributed by atoms with Crippen molar-refractivity contribution in [3.8, 4) is 0 Å². The average Bonchev–Trinajstić information content (AvgIpc) is 3.71. The first kappa shape index (κ1) is 34.3. The van der Waals surface area contributed by atoms with Gasteiger partial charge in [0.1, 0.15) is 0 Å². The number of H-pyrrole nitrogens is 2. The number of aromatic nitrogens is 4. The number of fused-ring (bicyclic) bond motifs is 8. The molecule has 0 saturated heterocycles. The van der Waals surface area contributed by atoms with Crippen LogP contribution in [0, 0.1) is 13.8 Å². The molecule has 10 nitrogen and oxygen atoms in total. The van der Waals surface area contributed by atoms with Crippen molar-refractivity contribution < 1.29 is 23.9 Å². The highest BCUT2D eigenvalue weighted by molar-refractivity contribution is 5.94. The third kappa shape index (κ3) is 6.56. The molecule has 0 aliphatic carbocycles. The van der Waals surface area contributed by atoms with Gasteiger partial charge in [0.25, 0.3) is 0 Å².